The minimum absolute atomic E-state index is 0.0170. The van der Waals surface area contributed by atoms with E-state index in [2.05, 4.69) is 33.2 Å². The number of hydrogen-bond acceptors (Lipinski definition) is 5. The molecule has 0 bridgehead atoms. The van der Waals surface area contributed by atoms with Crippen LogP contribution in [0.3, 0.4) is 0 Å². The van der Waals surface area contributed by atoms with Crippen molar-refractivity contribution in [1.29, 1.82) is 0 Å². The van der Waals surface area contributed by atoms with E-state index < -0.39 is 0 Å². The number of pyridine rings is 1. The van der Waals surface area contributed by atoms with Crippen molar-refractivity contribution in [1.82, 2.24) is 24.8 Å². The molecule has 2 atom stereocenters. The number of piperidine rings is 2. The third-order valence-electron chi connectivity index (χ3n) is 7.47. The fourth-order valence-electron chi connectivity index (χ4n) is 5.71. The van der Waals surface area contributed by atoms with E-state index in [0.29, 0.717) is 24.0 Å². The highest BCUT2D eigenvalue weighted by molar-refractivity contribution is 5.93. The van der Waals surface area contributed by atoms with Gasteiger partial charge in [-0.25, -0.2) is 4.98 Å². The fourth-order valence-corrected chi connectivity index (χ4v) is 5.71. The van der Waals surface area contributed by atoms with E-state index in [1.165, 1.54) is 10.9 Å². The molecule has 3 aromatic rings. The second-order valence-electron chi connectivity index (χ2n) is 9.98. The molecule has 0 saturated carbocycles. The Morgan fingerprint density at radius 3 is 2.43 bits per heavy atom. The zero-order valence-corrected chi connectivity index (χ0v) is 20.4. The van der Waals surface area contributed by atoms with E-state index in [9.17, 15) is 9.59 Å². The van der Waals surface area contributed by atoms with Gasteiger partial charge in [0.2, 0.25) is 5.91 Å². The largest absolute Gasteiger partial charge is 0.343 e. The van der Waals surface area contributed by atoms with Gasteiger partial charge in [-0.3, -0.25) is 19.6 Å². The minimum atomic E-state index is -0.0170. The van der Waals surface area contributed by atoms with Crippen LogP contribution in [0.5, 0.6) is 0 Å². The molecule has 0 spiro atoms. The summed E-state index contributed by atoms with van der Waals surface area (Å²) in [5.41, 5.74) is 3.55. The number of fused-ring (bicyclic) bond motifs is 1. The number of rotatable bonds is 5. The summed E-state index contributed by atoms with van der Waals surface area (Å²) in [6.07, 6.45) is 10.9. The van der Waals surface area contributed by atoms with Gasteiger partial charge < -0.3 is 9.80 Å². The second-order valence-corrected chi connectivity index (χ2v) is 9.98. The van der Waals surface area contributed by atoms with Crippen molar-refractivity contribution in [2.24, 2.45) is 11.8 Å². The van der Waals surface area contributed by atoms with Gasteiger partial charge in [0.1, 0.15) is 5.69 Å². The molecule has 2 aliphatic heterocycles. The smallest absolute Gasteiger partial charge is 0.274 e. The molecule has 35 heavy (non-hydrogen) atoms. The Morgan fingerprint density at radius 2 is 1.60 bits per heavy atom. The quantitative estimate of drug-likeness (QED) is 0.564. The summed E-state index contributed by atoms with van der Waals surface area (Å²) in [6.45, 7) is 4.66. The van der Waals surface area contributed by atoms with Gasteiger partial charge in [0.05, 0.1) is 11.2 Å². The van der Waals surface area contributed by atoms with Crippen LogP contribution in [0, 0.1) is 11.8 Å². The van der Waals surface area contributed by atoms with Crippen LogP contribution < -0.4 is 0 Å². The number of benzene rings is 1. The Bertz CT molecular complexity index is 1210. The number of aromatic nitrogens is 3. The Labute approximate surface area is 206 Å². The molecule has 5 rings (SSSR count). The molecule has 182 valence electrons. The van der Waals surface area contributed by atoms with Gasteiger partial charge in [-0.05, 0) is 68.1 Å². The maximum atomic E-state index is 13.6. The van der Waals surface area contributed by atoms with Gasteiger partial charge in [-0.15, -0.1) is 0 Å². The Balaban J connectivity index is 1.28. The van der Waals surface area contributed by atoms with E-state index in [1.807, 2.05) is 28.1 Å². The van der Waals surface area contributed by atoms with E-state index in [4.69, 9.17) is 0 Å². The van der Waals surface area contributed by atoms with Crippen LogP contribution in [0.15, 0.2) is 48.9 Å². The van der Waals surface area contributed by atoms with Gasteiger partial charge in [0.15, 0.2) is 0 Å². The molecule has 0 aliphatic carbocycles. The minimum Gasteiger partial charge on any atom is -0.343 e. The van der Waals surface area contributed by atoms with Crippen LogP contribution in [0.25, 0.3) is 10.9 Å². The summed E-state index contributed by atoms with van der Waals surface area (Å²) >= 11 is 0. The number of carbonyl (C=O) groups excluding carboxylic acids is 2. The first kappa shape index (κ1) is 23.4. The van der Waals surface area contributed by atoms with Crippen LogP contribution in [0.1, 0.15) is 54.4 Å². The lowest BCUT2D eigenvalue weighted by Gasteiger charge is -2.34. The van der Waals surface area contributed by atoms with Crippen LogP contribution >= 0.6 is 0 Å². The first-order chi connectivity index (χ1) is 17.1. The normalized spacial score (nSPS) is 20.7. The zero-order chi connectivity index (χ0) is 24.2. The molecule has 2 aromatic heterocycles. The Kier molecular flexibility index (Phi) is 7.02. The van der Waals surface area contributed by atoms with E-state index >= 15 is 0 Å². The van der Waals surface area contributed by atoms with Crippen LogP contribution in [0.4, 0.5) is 0 Å². The Hall–Kier alpha value is -3.35. The molecule has 0 N–H and O–H groups in total. The number of nitrogens with zero attached hydrogens (tertiary/aromatic N) is 5. The molecule has 2 saturated heterocycles. The van der Waals surface area contributed by atoms with Gasteiger partial charge in [0.25, 0.3) is 5.91 Å². The van der Waals surface area contributed by atoms with Gasteiger partial charge in [0, 0.05) is 57.1 Å². The lowest BCUT2D eigenvalue weighted by molar-refractivity contribution is -0.130. The van der Waals surface area contributed by atoms with Gasteiger partial charge in [-0.2, -0.15) is 0 Å². The maximum absolute atomic E-state index is 13.6. The van der Waals surface area contributed by atoms with E-state index in [1.54, 1.807) is 19.3 Å². The summed E-state index contributed by atoms with van der Waals surface area (Å²) in [4.78, 5) is 42.8. The molecular formula is C28H33N5O2. The lowest BCUT2D eigenvalue weighted by atomic mass is 9.89. The second kappa shape index (κ2) is 10.5. The number of likely N-dealkylation sites (tertiary alicyclic amines) is 2. The highest BCUT2D eigenvalue weighted by Crippen LogP contribution is 2.27. The predicted molar refractivity (Wildman–Crippen MR) is 135 cm³/mol. The van der Waals surface area contributed by atoms with E-state index in [-0.39, 0.29) is 11.8 Å². The summed E-state index contributed by atoms with van der Waals surface area (Å²) in [5, 5.41) is 1.20. The third-order valence-corrected chi connectivity index (χ3v) is 7.47. The number of amides is 2. The van der Waals surface area contributed by atoms with Crippen LogP contribution in [-0.4, -0.2) is 62.7 Å². The molecule has 7 heteroatoms. The first-order valence-electron chi connectivity index (χ1n) is 12.8. The monoisotopic (exact) mass is 471 g/mol. The molecule has 2 aliphatic rings. The molecule has 2 unspecified atom stereocenters. The van der Waals surface area contributed by atoms with Crippen molar-refractivity contribution in [3.63, 3.8) is 0 Å². The summed E-state index contributed by atoms with van der Waals surface area (Å²) in [7, 11) is 0. The third kappa shape index (κ3) is 5.34. The van der Waals surface area contributed by atoms with E-state index in [0.717, 1.165) is 69.5 Å². The molecule has 1 aromatic carbocycles. The number of hydrogen-bond donors (Lipinski definition) is 0. The van der Waals surface area contributed by atoms with Crippen LogP contribution in [0.2, 0.25) is 0 Å². The highest BCUT2D eigenvalue weighted by atomic mass is 16.2. The predicted octanol–water partition coefficient (Wildman–Crippen LogP) is 3.92. The van der Waals surface area contributed by atoms with Crippen molar-refractivity contribution >= 4 is 22.7 Å². The Morgan fingerprint density at radius 1 is 0.857 bits per heavy atom. The maximum Gasteiger partial charge on any atom is 0.274 e. The molecular weight excluding hydrogens is 438 g/mol. The van der Waals surface area contributed by atoms with Crippen molar-refractivity contribution in [2.75, 3.05) is 26.2 Å². The van der Waals surface area contributed by atoms with Gasteiger partial charge >= 0.3 is 0 Å². The van der Waals surface area contributed by atoms with Crippen molar-refractivity contribution in [2.45, 2.75) is 45.4 Å². The zero-order valence-electron chi connectivity index (χ0n) is 20.4. The summed E-state index contributed by atoms with van der Waals surface area (Å²) in [6, 6.07) is 10.4. The highest BCUT2D eigenvalue weighted by Gasteiger charge is 2.29. The summed E-state index contributed by atoms with van der Waals surface area (Å²) in [5.74, 6) is 0.814. The van der Waals surface area contributed by atoms with Crippen molar-refractivity contribution in [3.05, 3.63) is 65.9 Å². The summed E-state index contributed by atoms with van der Waals surface area (Å²) < 4.78 is 0. The standard InChI is InChI=1S/C28H33N5O2/c1-20(34)32-14-4-7-22(18-32)17-26-27(31-13-12-30-26)28(35)33-15-5-6-21(19-33)16-23-8-2-10-25-24(23)9-3-11-29-25/h2-3,8-13,21-22H,4-7,14-19H2,1H3. The average Bonchev–Trinajstić information content (AvgIpc) is 2.89. The molecule has 0 radical (unpaired) electrons. The molecule has 7 nitrogen and oxygen atoms in total. The van der Waals surface area contributed by atoms with Gasteiger partial charge in [-0.1, -0.05) is 18.2 Å². The molecule has 2 amide bonds. The van der Waals surface area contributed by atoms with Crippen molar-refractivity contribution in [3.8, 4) is 0 Å². The SMILES string of the molecule is CC(=O)N1CCCC(Cc2nccnc2C(=O)N2CCCC(Cc3cccc4ncccc34)C2)C1. The van der Waals surface area contributed by atoms with Crippen molar-refractivity contribution < 1.29 is 9.59 Å². The lowest BCUT2D eigenvalue weighted by Crippen LogP contribution is -2.42. The number of carbonyl (C=O) groups is 2. The topological polar surface area (TPSA) is 79.3 Å². The molecule has 4 heterocycles. The average molecular weight is 472 g/mol. The fraction of sp³-hybridized carbons (Fsp3) is 0.464. The first-order valence-corrected chi connectivity index (χ1v) is 12.8. The molecule has 2 fully saturated rings. The van der Waals surface area contributed by atoms with Crippen LogP contribution in [-0.2, 0) is 17.6 Å².